The minimum absolute atomic E-state index is 0.359. The molecule has 1 atom stereocenters. The van der Waals surface area contributed by atoms with E-state index in [1.165, 1.54) is 29.4 Å². The van der Waals surface area contributed by atoms with E-state index in [4.69, 9.17) is 4.98 Å². The highest BCUT2D eigenvalue weighted by atomic mass is 32.2. The second kappa shape index (κ2) is 7.14. The molecule has 0 spiro atoms. The van der Waals surface area contributed by atoms with Crippen molar-refractivity contribution in [3.8, 4) is 0 Å². The van der Waals surface area contributed by atoms with Gasteiger partial charge < -0.3 is 10.2 Å². The number of aromatic nitrogens is 1. The Kier molecular flexibility index (Phi) is 5.75. The van der Waals surface area contributed by atoms with Crippen LogP contribution in [0.4, 0.5) is 5.13 Å². The van der Waals surface area contributed by atoms with E-state index in [-0.39, 0.29) is 0 Å². The molecule has 1 aliphatic heterocycles. The van der Waals surface area contributed by atoms with Crippen LogP contribution in [0.2, 0.25) is 0 Å². The highest BCUT2D eigenvalue weighted by Crippen LogP contribution is 2.33. The van der Waals surface area contributed by atoms with Crippen LogP contribution in [-0.2, 0) is 0 Å². The van der Waals surface area contributed by atoms with Crippen LogP contribution in [0.3, 0.4) is 0 Å². The quantitative estimate of drug-likeness (QED) is 0.891. The zero-order valence-electron chi connectivity index (χ0n) is 13.1. The number of hydrogen-bond donors (Lipinski definition) is 1. The molecule has 1 aliphatic rings. The van der Waals surface area contributed by atoms with E-state index in [9.17, 15) is 0 Å². The van der Waals surface area contributed by atoms with Gasteiger partial charge in [-0.2, -0.15) is 11.8 Å². The van der Waals surface area contributed by atoms with E-state index in [1.807, 2.05) is 0 Å². The highest BCUT2D eigenvalue weighted by Gasteiger charge is 2.25. The number of thiazole rings is 1. The van der Waals surface area contributed by atoms with Gasteiger partial charge in [-0.3, -0.25) is 0 Å². The predicted octanol–water partition coefficient (Wildman–Crippen LogP) is 3.93. The van der Waals surface area contributed by atoms with Gasteiger partial charge >= 0.3 is 0 Å². The minimum Gasteiger partial charge on any atom is -0.347 e. The molecule has 0 saturated carbocycles. The maximum Gasteiger partial charge on any atom is 0.185 e. The lowest BCUT2D eigenvalue weighted by Crippen LogP contribution is -2.27. The van der Waals surface area contributed by atoms with Crippen LogP contribution in [-0.4, -0.2) is 35.1 Å². The standard InChI is InChI=1S/C15H27N3S2/c1-5-7-16-12(2)13-11-19-14(17-13)18-8-6-15(3,4)20-10-9-18/h11-12,16H,5-10H2,1-4H3. The summed E-state index contributed by atoms with van der Waals surface area (Å²) in [4.78, 5) is 7.31. The van der Waals surface area contributed by atoms with Gasteiger partial charge in [0.15, 0.2) is 5.13 Å². The fraction of sp³-hybridized carbons (Fsp3) is 0.800. The molecular weight excluding hydrogens is 286 g/mol. The Morgan fingerprint density at radius 2 is 2.25 bits per heavy atom. The maximum atomic E-state index is 4.85. The van der Waals surface area contributed by atoms with Crippen molar-refractivity contribution < 1.29 is 0 Å². The molecule has 0 radical (unpaired) electrons. The normalized spacial score (nSPS) is 20.7. The van der Waals surface area contributed by atoms with E-state index in [0.717, 1.165) is 19.6 Å². The molecule has 2 rings (SSSR count). The lowest BCUT2D eigenvalue weighted by molar-refractivity contribution is 0.560. The lowest BCUT2D eigenvalue weighted by atomic mass is 10.1. The van der Waals surface area contributed by atoms with Crippen molar-refractivity contribution in [3.63, 3.8) is 0 Å². The zero-order valence-corrected chi connectivity index (χ0v) is 14.7. The Morgan fingerprint density at radius 3 is 3.00 bits per heavy atom. The van der Waals surface area contributed by atoms with Gasteiger partial charge in [-0.25, -0.2) is 4.98 Å². The van der Waals surface area contributed by atoms with Gasteiger partial charge in [0.2, 0.25) is 0 Å². The first-order valence-corrected chi connectivity index (χ1v) is 9.46. The van der Waals surface area contributed by atoms with Crippen molar-refractivity contribution in [1.82, 2.24) is 10.3 Å². The van der Waals surface area contributed by atoms with Gasteiger partial charge in [-0.15, -0.1) is 11.3 Å². The lowest BCUT2D eigenvalue weighted by Gasteiger charge is -2.22. The first-order valence-electron chi connectivity index (χ1n) is 7.59. The Morgan fingerprint density at radius 1 is 1.45 bits per heavy atom. The van der Waals surface area contributed by atoms with Gasteiger partial charge in [0, 0.05) is 35.0 Å². The Labute approximate surface area is 131 Å². The molecule has 3 nitrogen and oxygen atoms in total. The summed E-state index contributed by atoms with van der Waals surface area (Å²) in [6.45, 7) is 12.4. The molecule has 0 amide bonds. The van der Waals surface area contributed by atoms with Crippen LogP contribution in [0.15, 0.2) is 5.38 Å². The molecule has 2 heterocycles. The molecular formula is C15H27N3S2. The smallest absolute Gasteiger partial charge is 0.185 e. The van der Waals surface area contributed by atoms with Gasteiger partial charge in [0.05, 0.1) is 5.69 Å². The van der Waals surface area contributed by atoms with Crippen molar-refractivity contribution in [2.45, 2.75) is 51.3 Å². The van der Waals surface area contributed by atoms with Gasteiger partial charge in [-0.1, -0.05) is 20.8 Å². The van der Waals surface area contributed by atoms with Crippen LogP contribution < -0.4 is 10.2 Å². The second-order valence-corrected chi connectivity index (χ2v) is 8.71. The molecule has 1 N–H and O–H groups in total. The van der Waals surface area contributed by atoms with E-state index in [0.29, 0.717) is 10.8 Å². The molecule has 114 valence electrons. The first-order chi connectivity index (χ1) is 9.52. The van der Waals surface area contributed by atoms with Crippen LogP contribution >= 0.6 is 23.1 Å². The number of hydrogen-bond acceptors (Lipinski definition) is 5. The molecule has 1 unspecified atom stereocenters. The van der Waals surface area contributed by atoms with Crippen LogP contribution in [0.1, 0.15) is 52.3 Å². The van der Waals surface area contributed by atoms with E-state index in [1.54, 1.807) is 11.3 Å². The number of nitrogens with zero attached hydrogens (tertiary/aromatic N) is 2. The van der Waals surface area contributed by atoms with Gasteiger partial charge in [0.25, 0.3) is 0 Å². The summed E-state index contributed by atoms with van der Waals surface area (Å²) in [5, 5.41) is 6.92. The number of rotatable bonds is 5. The number of anilines is 1. The molecule has 0 aliphatic carbocycles. The second-order valence-electron chi connectivity index (χ2n) is 6.08. The fourth-order valence-corrected chi connectivity index (χ4v) is 4.37. The monoisotopic (exact) mass is 313 g/mol. The summed E-state index contributed by atoms with van der Waals surface area (Å²) in [5.74, 6) is 1.20. The summed E-state index contributed by atoms with van der Waals surface area (Å²) in [6.07, 6.45) is 2.40. The topological polar surface area (TPSA) is 28.2 Å². The van der Waals surface area contributed by atoms with Crippen molar-refractivity contribution in [3.05, 3.63) is 11.1 Å². The molecule has 1 aromatic rings. The largest absolute Gasteiger partial charge is 0.347 e. The molecule has 20 heavy (non-hydrogen) atoms. The minimum atomic E-state index is 0.359. The van der Waals surface area contributed by atoms with Crippen LogP contribution in [0.25, 0.3) is 0 Å². The van der Waals surface area contributed by atoms with Crippen molar-refractivity contribution >= 4 is 28.2 Å². The SMILES string of the molecule is CCCNC(C)c1csc(N2CCSC(C)(C)CC2)n1. The summed E-state index contributed by atoms with van der Waals surface area (Å²) in [5.41, 5.74) is 1.19. The molecule has 5 heteroatoms. The van der Waals surface area contributed by atoms with Crippen molar-refractivity contribution in [2.24, 2.45) is 0 Å². The summed E-state index contributed by atoms with van der Waals surface area (Å²) in [6, 6.07) is 0.359. The average Bonchev–Trinajstić information content (AvgIpc) is 2.82. The third-order valence-corrected chi connectivity index (χ3v) is 6.05. The molecule has 0 bridgehead atoms. The third-order valence-electron chi connectivity index (χ3n) is 3.76. The zero-order chi connectivity index (χ0) is 14.6. The molecule has 0 aromatic carbocycles. The third kappa shape index (κ3) is 4.37. The van der Waals surface area contributed by atoms with Crippen molar-refractivity contribution in [2.75, 3.05) is 30.3 Å². The fourth-order valence-electron chi connectivity index (χ4n) is 2.30. The van der Waals surface area contributed by atoms with E-state index in [2.05, 4.69) is 55.1 Å². The summed E-state index contributed by atoms with van der Waals surface area (Å²) in [7, 11) is 0. The Bertz CT molecular complexity index is 417. The first kappa shape index (κ1) is 16.1. The average molecular weight is 314 g/mol. The molecule has 1 fully saturated rings. The molecule has 1 aromatic heterocycles. The van der Waals surface area contributed by atoms with E-state index < -0.39 is 0 Å². The maximum absolute atomic E-state index is 4.85. The predicted molar refractivity (Wildman–Crippen MR) is 92.2 cm³/mol. The summed E-state index contributed by atoms with van der Waals surface area (Å²) >= 11 is 3.88. The Hall–Kier alpha value is -0.260. The van der Waals surface area contributed by atoms with Crippen molar-refractivity contribution in [1.29, 1.82) is 0 Å². The van der Waals surface area contributed by atoms with Crippen LogP contribution in [0, 0.1) is 0 Å². The van der Waals surface area contributed by atoms with Gasteiger partial charge in [0.1, 0.15) is 0 Å². The van der Waals surface area contributed by atoms with Gasteiger partial charge in [-0.05, 0) is 26.3 Å². The summed E-state index contributed by atoms with van der Waals surface area (Å²) < 4.78 is 0.408. The number of thioether (sulfide) groups is 1. The number of nitrogens with one attached hydrogen (secondary N) is 1. The Balaban J connectivity index is 1.97. The molecule has 1 saturated heterocycles. The highest BCUT2D eigenvalue weighted by molar-refractivity contribution is 8.00. The van der Waals surface area contributed by atoms with Crippen LogP contribution in [0.5, 0.6) is 0 Å². The van der Waals surface area contributed by atoms with E-state index >= 15 is 0 Å².